The molecule has 0 atom stereocenters. The van der Waals surface area contributed by atoms with E-state index in [4.69, 9.17) is 23.2 Å². The summed E-state index contributed by atoms with van der Waals surface area (Å²) in [5.74, 6) is -0.540. The monoisotopic (exact) mass is 817 g/mol. The maximum Gasteiger partial charge on any atom is 0.323 e. The minimum absolute atomic E-state index is 0.0168. The third-order valence-corrected chi connectivity index (χ3v) is 10.8. The highest BCUT2D eigenvalue weighted by atomic mass is 35.5. The summed E-state index contributed by atoms with van der Waals surface area (Å²) in [5, 5.41) is 16.1. The summed E-state index contributed by atoms with van der Waals surface area (Å²) in [6.07, 6.45) is 2.68. The molecule has 0 aliphatic carbocycles. The summed E-state index contributed by atoms with van der Waals surface area (Å²) in [6, 6.07) is 13.4. The van der Waals surface area contributed by atoms with Crippen molar-refractivity contribution in [1.29, 1.82) is 0 Å². The number of carbonyl (C=O) groups is 3. The number of aryl methyl sites for hydroxylation is 1. The van der Waals surface area contributed by atoms with Crippen LogP contribution in [0, 0.1) is 0 Å². The molecule has 2 aromatic heterocycles. The molecule has 6 rings (SSSR count). The molecule has 4 heterocycles. The summed E-state index contributed by atoms with van der Waals surface area (Å²) in [5.41, 5.74) is 2.78. The van der Waals surface area contributed by atoms with Crippen LogP contribution in [0.3, 0.4) is 0 Å². The Balaban J connectivity index is 1.24. The van der Waals surface area contributed by atoms with Crippen LogP contribution < -0.4 is 26.8 Å². The lowest BCUT2D eigenvalue weighted by atomic mass is 9.97. The second-order valence-corrected chi connectivity index (χ2v) is 15.1. The summed E-state index contributed by atoms with van der Waals surface area (Å²) < 4.78 is 1.25. The average molecular weight is 819 g/mol. The Hall–Kier alpha value is -4.90. The van der Waals surface area contributed by atoms with Gasteiger partial charge in [0.05, 0.1) is 21.4 Å². The van der Waals surface area contributed by atoms with Crippen molar-refractivity contribution in [3.05, 3.63) is 92.5 Å². The first-order chi connectivity index (χ1) is 27.5. The van der Waals surface area contributed by atoms with Gasteiger partial charge in [-0.25, -0.2) is 9.48 Å². The number of nitrogens with one attached hydrogen (secondary N) is 4. The van der Waals surface area contributed by atoms with Crippen molar-refractivity contribution in [3.8, 4) is 22.4 Å². The number of hydrogen-bond acceptors (Lipinski definition) is 10. The number of aromatic nitrogens is 3. The average Bonchev–Trinajstić information content (AvgIpc) is 3.21. The number of urea groups is 1. The van der Waals surface area contributed by atoms with Gasteiger partial charge in [0, 0.05) is 114 Å². The predicted octanol–water partition coefficient (Wildman–Crippen LogP) is 3.90. The maximum atomic E-state index is 13.6. The van der Waals surface area contributed by atoms with Gasteiger partial charge in [-0.3, -0.25) is 29.2 Å². The van der Waals surface area contributed by atoms with Crippen molar-refractivity contribution in [3.63, 3.8) is 0 Å². The van der Waals surface area contributed by atoms with Crippen LogP contribution in [0.1, 0.15) is 27.6 Å². The zero-order chi connectivity index (χ0) is 40.5. The van der Waals surface area contributed by atoms with Gasteiger partial charge in [-0.2, -0.15) is 5.10 Å². The number of likely N-dealkylation sites (N-methyl/N-ethyl adjacent to an activating group) is 2. The summed E-state index contributed by atoms with van der Waals surface area (Å²) in [6.45, 7) is 12.2. The van der Waals surface area contributed by atoms with Gasteiger partial charge >= 0.3 is 6.03 Å². The van der Waals surface area contributed by atoms with Gasteiger partial charge in [0.15, 0.2) is 0 Å². The molecule has 2 aliphatic heterocycles. The second kappa shape index (κ2) is 19.5. The molecule has 2 aromatic carbocycles. The molecule has 4 amide bonds. The Morgan fingerprint density at radius 1 is 0.702 bits per heavy atom. The molecule has 2 fully saturated rings. The van der Waals surface area contributed by atoms with Crippen molar-refractivity contribution in [2.24, 2.45) is 0 Å². The number of piperazine rings is 2. The van der Waals surface area contributed by atoms with Gasteiger partial charge in [0.25, 0.3) is 17.4 Å². The number of pyridine rings is 1. The Labute approximate surface area is 342 Å². The van der Waals surface area contributed by atoms with Crippen LogP contribution >= 0.6 is 23.2 Å². The molecular weight excluding hydrogens is 769 g/mol. The van der Waals surface area contributed by atoms with E-state index in [2.05, 4.69) is 65.0 Å². The number of nitrogens with zero attached hydrogens (tertiary/aromatic N) is 7. The van der Waals surface area contributed by atoms with Crippen LogP contribution in [0.25, 0.3) is 22.4 Å². The first kappa shape index (κ1) is 41.7. The number of rotatable bonds is 13. The van der Waals surface area contributed by atoms with E-state index in [1.807, 2.05) is 24.3 Å². The molecule has 15 nitrogen and oxygen atoms in total. The number of hydrogen-bond donors (Lipinski definition) is 4. The minimum atomic E-state index is -0.733. The number of amides is 4. The Kier molecular flexibility index (Phi) is 14.3. The minimum Gasteiger partial charge on any atom is -0.351 e. The zero-order valence-electron chi connectivity index (χ0n) is 32.5. The fourth-order valence-corrected chi connectivity index (χ4v) is 7.16. The summed E-state index contributed by atoms with van der Waals surface area (Å²) in [7, 11) is 4.22. The van der Waals surface area contributed by atoms with Gasteiger partial charge in [-0.05, 0) is 62.5 Å². The van der Waals surface area contributed by atoms with Gasteiger partial charge < -0.3 is 31.1 Å². The normalized spacial score (nSPS) is 15.6. The van der Waals surface area contributed by atoms with Crippen LogP contribution in [-0.2, 0) is 6.54 Å². The standard InChI is InChI=1S/C40H49Cl2N11O4/c1-4-53-39(56)35(46-40(57)47-36-32(41)25-43-26-33(36)42)24-34(48-53)28-7-5-6-27(20-28)29-21-30(37(54)44-8-10-51-16-12-49(2)13-17-51)23-31(22-29)38(55)45-9-11-52-18-14-50(3)15-19-52/h5-7,20-26H,4,8-19H2,1-3H3,(H,44,54)(H,45,55)(H2,43,46,47,57). The van der Waals surface area contributed by atoms with E-state index in [0.29, 0.717) is 41.0 Å². The second-order valence-electron chi connectivity index (χ2n) is 14.3. The van der Waals surface area contributed by atoms with E-state index in [-0.39, 0.29) is 39.8 Å². The molecule has 2 saturated heterocycles. The van der Waals surface area contributed by atoms with Crippen LogP contribution in [0.2, 0.25) is 10.0 Å². The largest absolute Gasteiger partial charge is 0.351 e. The first-order valence-electron chi connectivity index (χ1n) is 19.1. The quantitative estimate of drug-likeness (QED) is 0.156. The molecule has 0 radical (unpaired) electrons. The van der Waals surface area contributed by atoms with Crippen molar-refractivity contribution < 1.29 is 14.4 Å². The molecule has 0 unspecified atom stereocenters. The van der Waals surface area contributed by atoms with E-state index in [0.717, 1.165) is 71.0 Å². The van der Waals surface area contributed by atoms with Crippen molar-refractivity contribution in [2.75, 3.05) is 103 Å². The molecule has 0 spiro atoms. The van der Waals surface area contributed by atoms with Crippen molar-refractivity contribution in [1.82, 2.24) is 45.0 Å². The molecule has 4 N–H and O–H groups in total. The van der Waals surface area contributed by atoms with E-state index < -0.39 is 11.6 Å². The Morgan fingerprint density at radius 3 is 1.79 bits per heavy atom. The van der Waals surface area contributed by atoms with E-state index in [9.17, 15) is 19.2 Å². The van der Waals surface area contributed by atoms with Crippen molar-refractivity contribution in [2.45, 2.75) is 13.5 Å². The van der Waals surface area contributed by atoms with E-state index >= 15 is 0 Å². The molecular formula is C40H49Cl2N11O4. The molecule has 302 valence electrons. The number of anilines is 2. The lowest BCUT2D eigenvalue weighted by Crippen LogP contribution is -2.47. The molecule has 0 bridgehead atoms. The fraction of sp³-hybridized carbons (Fsp3) is 0.400. The maximum absolute atomic E-state index is 13.6. The zero-order valence-corrected chi connectivity index (χ0v) is 34.0. The molecule has 2 aliphatic rings. The molecule has 0 saturated carbocycles. The Bertz CT molecular complexity index is 2050. The lowest BCUT2D eigenvalue weighted by molar-refractivity contribution is 0.0940. The third kappa shape index (κ3) is 11.2. The number of benzene rings is 2. The summed E-state index contributed by atoms with van der Waals surface area (Å²) >= 11 is 12.4. The Morgan fingerprint density at radius 2 is 1.25 bits per heavy atom. The van der Waals surface area contributed by atoms with Crippen LogP contribution in [0.5, 0.6) is 0 Å². The highest BCUT2D eigenvalue weighted by Gasteiger charge is 2.19. The predicted molar refractivity (Wildman–Crippen MR) is 224 cm³/mol. The molecule has 4 aromatic rings. The first-order valence-corrected chi connectivity index (χ1v) is 19.9. The summed E-state index contributed by atoms with van der Waals surface area (Å²) in [4.78, 5) is 66.7. The lowest BCUT2D eigenvalue weighted by Gasteiger charge is -2.32. The van der Waals surface area contributed by atoms with Gasteiger partial charge in [0.1, 0.15) is 5.69 Å². The van der Waals surface area contributed by atoms with E-state index in [1.165, 1.54) is 23.1 Å². The smallest absolute Gasteiger partial charge is 0.323 e. The van der Waals surface area contributed by atoms with Crippen LogP contribution in [0.4, 0.5) is 16.2 Å². The van der Waals surface area contributed by atoms with Gasteiger partial charge in [-0.1, -0.05) is 41.4 Å². The SMILES string of the molecule is CCn1nc(-c2cccc(-c3cc(C(=O)NCCN4CCN(C)CC4)cc(C(=O)NCCN4CCN(C)CC4)c3)c2)cc(NC(=O)Nc2c(Cl)cncc2Cl)c1=O. The van der Waals surface area contributed by atoms with Crippen LogP contribution in [-0.4, -0.2) is 145 Å². The van der Waals surface area contributed by atoms with E-state index in [1.54, 1.807) is 25.1 Å². The van der Waals surface area contributed by atoms with Crippen LogP contribution in [0.15, 0.2) is 65.7 Å². The number of carbonyl (C=O) groups excluding carboxylic acids is 3. The molecule has 17 heteroatoms. The van der Waals surface area contributed by atoms with Crippen molar-refractivity contribution >= 4 is 52.4 Å². The molecule has 57 heavy (non-hydrogen) atoms. The van der Waals surface area contributed by atoms with Gasteiger partial charge in [-0.15, -0.1) is 0 Å². The fourth-order valence-electron chi connectivity index (χ4n) is 6.70. The highest BCUT2D eigenvalue weighted by Crippen LogP contribution is 2.30. The van der Waals surface area contributed by atoms with Gasteiger partial charge in [0.2, 0.25) is 0 Å². The number of halogens is 2. The third-order valence-electron chi connectivity index (χ3n) is 10.2. The topological polar surface area (TPSA) is 160 Å². The highest BCUT2D eigenvalue weighted by molar-refractivity contribution is 6.39.